The van der Waals surface area contributed by atoms with E-state index in [0.29, 0.717) is 30.0 Å². The lowest BCUT2D eigenvalue weighted by molar-refractivity contribution is 0.101. The van der Waals surface area contributed by atoms with Gasteiger partial charge in [0.2, 0.25) is 17.2 Å². The van der Waals surface area contributed by atoms with E-state index >= 15 is 0 Å². The van der Waals surface area contributed by atoms with Crippen LogP contribution in [-0.2, 0) is 44.5 Å². The van der Waals surface area contributed by atoms with Crippen molar-refractivity contribution in [2.75, 3.05) is 53.0 Å². The molecule has 22 heteroatoms. The molecule has 0 aliphatic rings. The largest absolute Gasteiger partial charge is 0.386 e. The maximum atomic E-state index is 13.4. The van der Waals surface area contributed by atoms with Crippen LogP contribution in [0.5, 0.6) is 0 Å². The number of ether oxygens (including phenoxy) is 1. The number of amides is 2. The molecule has 4 aromatic carbocycles. The Bertz CT molecular complexity index is 3030. The van der Waals surface area contributed by atoms with Gasteiger partial charge in [0, 0.05) is 42.7 Å². The fraction of sp³-hybridized carbons (Fsp3) is 0.227. The first kappa shape index (κ1) is 49.2. The Labute approximate surface area is 383 Å². The molecule has 0 spiro atoms. The van der Waals surface area contributed by atoms with Crippen LogP contribution < -0.4 is 22.1 Å². The first-order valence-electron chi connectivity index (χ1n) is 20.2. The number of nitrogen functional groups attached to an aromatic ring is 2. The van der Waals surface area contributed by atoms with E-state index in [4.69, 9.17) is 20.7 Å². The summed E-state index contributed by atoms with van der Waals surface area (Å²) in [4.78, 5) is 43.1. The Hall–Kier alpha value is -6.27. The van der Waals surface area contributed by atoms with E-state index in [-0.39, 0.29) is 50.8 Å². The van der Waals surface area contributed by atoms with Crippen LogP contribution in [-0.4, -0.2) is 85.3 Å². The number of nitrogens with one attached hydrogen (secondary N) is 2. The van der Waals surface area contributed by atoms with Crippen LogP contribution in [0.25, 0.3) is 22.5 Å². The molecule has 0 saturated carbocycles. The third-order valence-corrected chi connectivity index (χ3v) is 19.1. The van der Waals surface area contributed by atoms with E-state index in [1.54, 1.807) is 38.1 Å². The monoisotopic (exact) mass is 973 g/mol. The van der Waals surface area contributed by atoms with Gasteiger partial charge in [-0.2, -0.15) is 0 Å². The summed E-state index contributed by atoms with van der Waals surface area (Å²) in [5.74, 6) is -2.26. The lowest BCUT2D eigenvalue weighted by Gasteiger charge is -2.15. The van der Waals surface area contributed by atoms with Crippen molar-refractivity contribution in [1.82, 2.24) is 19.9 Å². The predicted molar refractivity (Wildman–Crippen MR) is 253 cm³/mol. The lowest BCUT2D eigenvalue weighted by atomic mass is 10.1. The van der Waals surface area contributed by atoms with Gasteiger partial charge >= 0.3 is 7.80 Å². The van der Waals surface area contributed by atoms with Gasteiger partial charge in [0.05, 0.1) is 40.2 Å². The van der Waals surface area contributed by atoms with E-state index in [1.807, 2.05) is 31.2 Å². The molecular weight excluding hydrogens is 927 g/mol. The Morgan fingerprint density at radius 1 is 0.727 bits per heavy atom. The molecule has 3 atom stereocenters. The molecule has 344 valence electrons. The summed E-state index contributed by atoms with van der Waals surface area (Å²) in [6.07, 6.45) is 3.16. The van der Waals surface area contributed by atoms with Crippen LogP contribution in [0.15, 0.2) is 119 Å². The number of carbonyl (C=O) groups is 2. The van der Waals surface area contributed by atoms with Crippen molar-refractivity contribution in [2.45, 2.75) is 42.8 Å². The Morgan fingerprint density at radius 3 is 1.65 bits per heavy atom. The van der Waals surface area contributed by atoms with Gasteiger partial charge in [-0.05, 0) is 74.4 Å². The number of nitrogens with two attached hydrogens (primary N) is 2. The average Bonchev–Trinajstić information content (AvgIpc) is 3.27. The lowest BCUT2D eigenvalue weighted by Crippen LogP contribution is -2.17. The normalized spacial score (nSPS) is 13.3. The van der Waals surface area contributed by atoms with Gasteiger partial charge in [-0.3, -0.25) is 14.2 Å². The quantitative estimate of drug-likeness (QED) is 0.0575. The number of carbonyl (C=O) groups excluding carboxylic acids is 2. The van der Waals surface area contributed by atoms with Crippen LogP contribution in [0.3, 0.4) is 0 Å². The van der Waals surface area contributed by atoms with E-state index in [0.717, 1.165) is 16.7 Å². The number of aryl methyl sites for hydroxylation is 1. The molecule has 18 nitrogen and oxygen atoms in total. The standard InChI is InChI=1S/C44H46N8O10P2S2/c1-5-61-29(3)63(55)26-65(57,58)35-18-14-33(15-19-35)49-44(54)40-42(46)48-25-38(52-40)32-12-8-30(9-13-32)22-23-62-64(4,56)27-66(59,60)36-20-16-34(17-21-36)50-43(53)39-41(45)47-24-37(51-39)31-10-6-28(2)7-11-31/h6-21,24-25,29H,5,22-23,26-27H2,1-4H3,(H5-,45,46,47,48,49,50,53,54)/p+1. The molecule has 66 heavy (non-hydrogen) atoms. The molecule has 6 rings (SSSR count). The predicted octanol–water partition coefficient (Wildman–Crippen LogP) is 7.42. The molecule has 2 heterocycles. The van der Waals surface area contributed by atoms with Crippen LogP contribution in [0.4, 0.5) is 23.0 Å². The maximum absolute atomic E-state index is 13.4. The summed E-state index contributed by atoms with van der Waals surface area (Å²) in [6, 6.07) is 25.3. The molecule has 0 radical (unpaired) electrons. The SMILES string of the molecule is CCOC(C)[P+](=O)CS(=O)(=O)c1ccc(NC(=O)c2nc(-c3ccc(CCOP(C)(=O)CS(=O)(=O)c4ccc(NC(=O)c5nc(-c6ccc(C)cc6)cnc5N)cc4)cc3)cnc2N)cc1. The number of hydrogen-bond donors (Lipinski definition) is 4. The average molecular weight is 974 g/mol. The summed E-state index contributed by atoms with van der Waals surface area (Å²) < 4.78 is 88.8. The van der Waals surface area contributed by atoms with Gasteiger partial charge in [-0.15, -0.1) is 0 Å². The Morgan fingerprint density at radius 2 is 1.18 bits per heavy atom. The number of aromatic nitrogens is 4. The highest BCUT2D eigenvalue weighted by Gasteiger charge is 2.34. The molecule has 0 aliphatic carbocycles. The fourth-order valence-corrected chi connectivity index (χ4v) is 14.3. The summed E-state index contributed by atoms with van der Waals surface area (Å²) >= 11 is 0. The third kappa shape index (κ3) is 12.7. The number of hydrogen-bond acceptors (Lipinski definition) is 16. The van der Waals surface area contributed by atoms with Crippen LogP contribution in [0.1, 0.15) is 46.0 Å². The minimum atomic E-state index is -4.07. The van der Waals surface area contributed by atoms with Crippen molar-refractivity contribution in [3.8, 4) is 22.5 Å². The third-order valence-electron chi connectivity index (χ3n) is 9.84. The van der Waals surface area contributed by atoms with E-state index in [2.05, 4.69) is 30.6 Å². The first-order chi connectivity index (χ1) is 31.2. The van der Waals surface area contributed by atoms with Gasteiger partial charge < -0.3 is 31.4 Å². The molecule has 6 aromatic rings. The van der Waals surface area contributed by atoms with Gasteiger partial charge in [0.25, 0.3) is 23.2 Å². The minimum Gasteiger partial charge on any atom is -0.382 e. The number of rotatable bonds is 19. The van der Waals surface area contributed by atoms with Crippen LogP contribution >= 0.6 is 15.2 Å². The first-order valence-corrected chi connectivity index (χ1v) is 27.3. The second-order valence-electron chi connectivity index (χ2n) is 15.1. The second-order valence-corrected chi connectivity index (χ2v) is 24.4. The summed E-state index contributed by atoms with van der Waals surface area (Å²) in [6.45, 7) is 6.74. The van der Waals surface area contributed by atoms with Crippen molar-refractivity contribution >= 4 is 69.7 Å². The van der Waals surface area contributed by atoms with E-state index in [9.17, 15) is 35.6 Å². The molecular formula is C44H47N8O10P2S2+. The van der Waals surface area contributed by atoms with Gasteiger partial charge in [0.1, 0.15) is 5.49 Å². The Kier molecular flexibility index (Phi) is 15.6. The van der Waals surface area contributed by atoms with Gasteiger partial charge in [-0.1, -0.05) is 58.7 Å². The Balaban J connectivity index is 1.00. The summed E-state index contributed by atoms with van der Waals surface area (Å²) in [5, 5.41) is 5.29. The van der Waals surface area contributed by atoms with Crippen molar-refractivity contribution in [2.24, 2.45) is 0 Å². The number of nitrogens with zero attached hydrogens (tertiary/aromatic N) is 4. The topological polar surface area (TPSA) is 283 Å². The molecule has 6 N–H and O–H groups in total. The van der Waals surface area contributed by atoms with Crippen molar-refractivity contribution in [1.29, 1.82) is 0 Å². The molecule has 2 aromatic heterocycles. The zero-order valence-electron chi connectivity index (χ0n) is 36.2. The summed E-state index contributed by atoms with van der Waals surface area (Å²) in [7, 11) is -13.8. The molecule has 3 unspecified atom stereocenters. The number of sulfone groups is 2. The highest BCUT2D eigenvalue weighted by molar-refractivity contribution is 7.98. The van der Waals surface area contributed by atoms with Crippen LogP contribution in [0.2, 0.25) is 0 Å². The number of anilines is 4. The zero-order valence-corrected chi connectivity index (χ0v) is 39.7. The molecule has 0 aliphatic heterocycles. The minimum absolute atomic E-state index is 0.0449. The highest BCUT2D eigenvalue weighted by atomic mass is 32.2. The van der Waals surface area contributed by atoms with E-state index in [1.165, 1.54) is 67.6 Å². The fourth-order valence-electron chi connectivity index (χ4n) is 6.30. The van der Waals surface area contributed by atoms with Crippen LogP contribution in [0, 0.1) is 6.92 Å². The van der Waals surface area contributed by atoms with Crippen molar-refractivity contribution in [3.05, 3.63) is 132 Å². The zero-order chi connectivity index (χ0) is 47.8. The maximum Gasteiger partial charge on any atom is 0.386 e. The number of benzene rings is 4. The second kappa shape index (κ2) is 20.9. The summed E-state index contributed by atoms with van der Waals surface area (Å²) in [5.41, 5.74) is 14.8. The smallest absolute Gasteiger partial charge is 0.382 e. The van der Waals surface area contributed by atoms with Crippen molar-refractivity contribution in [3.63, 3.8) is 0 Å². The van der Waals surface area contributed by atoms with E-state index < -0.39 is 63.5 Å². The van der Waals surface area contributed by atoms with Crippen molar-refractivity contribution < 1.29 is 44.8 Å². The van der Waals surface area contributed by atoms with Gasteiger partial charge in [-0.25, -0.2) is 36.8 Å². The molecule has 0 saturated heterocycles. The highest BCUT2D eigenvalue weighted by Crippen LogP contribution is 2.45. The molecule has 2 amide bonds. The molecule has 0 fully saturated rings. The molecule has 0 bridgehead atoms. The van der Waals surface area contributed by atoms with Gasteiger partial charge in [0.15, 0.2) is 32.9 Å².